The third-order valence-electron chi connectivity index (χ3n) is 6.88. The zero-order chi connectivity index (χ0) is 29.0. The molecule has 0 fully saturated rings. The fourth-order valence-corrected chi connectivity index (χ4v) is 4.51. The van der Waals surface area contributed by atoms with Gasteiger partial charge in [-0.15, -0.1) is 0 Å². The fourth-order valence-electron chi connectivity index (χ4n) is 4.51. The molecule has 0 spiro atoms. The number of carbonyl (C=O) groups excluding carboxylic acids is 1. The van der Waals surface area contributed by atoms with Crippen molar-refractivity contribution < 1.29 is 33.2 Å². The van der Waals surface area contributed by atoms with Crippen molar-refractivity contribution in [3.63, 3.8) is 0 Å². The molecule has 1 aliphatic rings. The second-order valence-electron chi connectivity index (χ2n) is 10.3. The molecule has 0 atom stereocenters. The van der Waals surface area contributed by atoms with E-state index < -0.39 is 6.10 Å². The number of amides is 1. The third-order valence-corrected chi connectivity index (χ3v) is 6.88. The van der Waals surface area contributed by atoms with Gasteiger partial charge in [-0.1, -0.05) is 76.6 Å². The van der Waals surface area contributed by atoms with Crippen LogP contribution in [0.2, 0.25) is 0 Å². The van der Waals surface area contributed by atoms with Crippen LogP contribution in [0, 0.1) is 0 Å². The quantitative estimate of drug-likeness (QED) is 0.261. The summed E-state index contributed by atoms with van der Waals surface area (Å²) < 4.78 is 35.9. The summed E-state index contributed by atoms with van der Waals surface area (Å²) in [7, 11) is 0. The largest absolute Gasteiger partial charge is 0.487 e. The van der Waals surface area contributed by atoms with Gasteiger partial charge in [-0.2, -0.15) is 0 Å². The van der Waals surface area contributed by atoms with E-state index in [2.05, 4.69) is 13.8 Å². The van der Waals surface area contributed by atoms with E-state index in [1.807, 2.05) is 53.4 Å². The molecule has 0 unspecified atom stereocenters. The molecule has 3 rings (SSSR count). The Hall–Kier alpha value is -2.97. The van der Waals surface area contributed by atoms with Crippen molar-refractivity contribution in [2.24, 2.45) is 0 Å². The van der Waals surface area contributed by atoms with E-state index >= 15 is 0 Å². The van der Waals surface area contributed by atoms with Gasteiger partial charge >= 0.3 is 0 Å². The van der Waals surface area contributed by atoms with Gasteiger partial charge in [0.2, 0.25) is 5.91 Å². The molecule has 1 amide bonds. The summed E-state index contributed by atoms with van der Waals surface area (Å²) in [6, 6.07) is 15.0. The van der Waals surface area contributed by atoms with Crippen LogP contribution < -0.4 is 18.9 Å². The number of rotatable bonds is 13. The van der Waals surface area contributed by atoms with E-state index in [1.165, 1.54) is 25.7 Å². The van der Waals surface area contributed by atoms with E-state index in [4.69, 9.17) is 28.4 Å². The monoisotopic (exact) mass is 571 g/mol. The number of unbranched alkanes of at least 4 members (excludes halogenated alkanes) is 6. The minimum Gasteiger partial charge on any atom is -0.487 e. The molecule has 8 nitrogen and oxygen atoms in total. The van der Waals surface area contributed by atoms with Gasteiger partial charge in [0.05, 0.1) is 13.2 Å². The first-order valence-corrected chi connectivity index (χ1v) is 15.4. The van der Waals surface area contributed by atoms with E-state index in [-0.39, 0.29) is 25.7 Å². The Morgan fingerprint density at radius 2 is 1.15 bits per heavy atom. The van der Waals surface area contributed by atoms with Gasteiger partial charge in [0.15, 0.2) is 23.0 Å². The molecule has 0 N–H and O–H groups in total. The van der Waals surface area contributed by atoms with Crippen molar-refractivity contribution in [2.75, 3.05) is 59.3 Å². The Balaban J connectivity index is 1.67. The van der Waals surface area contributed by atoms with Crippen LogP contribution in [0.15, 0.2) is 48.5 Å². The lowest BCUT2D eigenvalue weighted by Crippen LogP contribution is -2.38. The van der Waals surface area contributed by atoms with E-state index in [0.29, 0.717) is 49.4 Å². The summed E-state index contributed by atoms with van der Waals surface area (Å²) in [6.45, 7) is 7.94. The van der Waals surface area contributed by atoms with Gasteiger partial charge in [0, 0.05) is 13.1 Å². The number of nitrogens with zero attached hydrogens (tertiary/aromatic N) is 1. The highest BCUT2D eigenvalue weighted by atomic mass is 16.6. The number of hydrogen-bond acceptors (Lipinski definition) is 7. The topological polar surface area (TPSA) is 75.7 Å². The number of para-hydroxylation sites is 4. The lowest BCUT2D eigenvalue weighted by Gasteiger charge is -2.25. The molecule has 1 heterocycles. The Morgan fingerprint density at radius 3 is 1.61 bits per heavy atom. The van der Waals surface area contributed by atoms with E-state index in [1.54, 1.807) is 0 Å². The molecule has 0 radical (unpaired) electrons. The van der Waals surface area contributed by atoms with Gasteiger partial charge in [-0.05, 0) is 37.1 Å². The molecular weight excluding hydrogens is 522 g/mol. The number of hydrogen-bond donors (Lipinski definition) is 0. The van der Waals surface area contributed by atoms with Crippen molar-refractivity contribution in [3.8, 4) is 23.0 Å². The molecular formula is C33H49NO7. The van der Waals surface area contributed by atoms with Crippen LogP contribution in [-0.2, 0) is 14.3 Å². The molecule has 0 saturated heterocycles. The van der Waals surface area contributed by atoms with Crippen molar-refractivity contribution in [1.29, 1.82) is 0 Å². The van der Waals surface area contributed by atoms with Gasteiger partial charge < -0.3 is 33.3 Å². The Kier molecular flexibility index (Phi) is 15.9. The summed E-state index contributed by atoms with van der Waals surface area (Å²) in [4.78, 5) is 15.3. The predicted molar refractivity (Wildman–Crippen MR) is 160 cm³/mol. The van der Waals surface area contributed by atoms with Crippen molar-refractivity contribution in [3.05, 3.63) is 48.5 Å². The van der Waals surface area contributed by atoms with Gasteiger partial charge in [-0.25, -0.2) is 0 Å². The second kappa shape index (κ2) is 20.0. The maximum absolute atomic E-state index is 13.3. The molecule has 2 aromatic carbocycles. The highest BCUT2D eigenvalue weighted by molar-refractivity contribution is 5.77. The zero-order valence-electron chi connectivity index (χ0n) is 25.0. The third kappa shape index (κ3) is 12.6. The first-order chi connectivity index (χ1) is 20.2. The average molecular weight is 572 g/mol. The molecule has 0 saturated carbocycles. The molecule has 41 heavy (non-hydrogen) atoms. The standard InChI is InChI=1S/C33H49NO7/c1-3-5-7-13-19-34(20-14-8-6-4-2)33(35)27-39-28-25-40-31-17-11-9-15-29(31)37-23-21-36-22-24-38-30-16-10-12-18-32(30)41-26-28/h9-12,15-18,28H,3-8,13-14,19-27H2,1-2H3. The van der Waals surface area contributed by atoms with Crippen LogP contribution in [0.4, 0.5) is 0 Å². The van der Waals surface area contributed by atoms with Gasteiger partial charge in [0.1, 0.15) is 39.1 Å². The minimum atomic E-state index is -0.488. The van der Waals surface area contributed by atoms with Crippen LogP contribution in [0.1, 0.15) is 65.2 Å². The average Bonchev–Trinajstić information content (AvgIpc) is 2.99. The molecule has 0 aliphatic carbocycles. The van der Waals surface area contributed by atoms with Crippen LogP contribution >= 0.6 is 0 Å². The SMILES string of the molecule is CCCCCCN(CCCCCC)C(=O)COC1COc2ccccc2OCCOCCOc2ccccc2OC1. The first kappa shape index (κ1) is 32.5. The maximum Gasteiger partial charge on any atom is 0.248 e. The predicted octanol–water partition coefficient (Wildman–Crippen LogP) is 6.31. The molecule has 228 valence electrons. The Morgan fingerprint density at radius 1 is 0.683 bits per heavy atom. The van der Waals surface area contributed by atoms with Crippen molar-refractivity contribution in [2.45, 2.75) is 71.3 Å². The summed E-state index contributed by atoms with van der Waals surface area (Å²) >= 11 is 0. The zero-order valence-corrected chi connectivity index (χ0v) is 25.0. The lowest BCUT2D eigenvalue weighted by atomic mass is 10.1. The van der Waals surface area contributed by atoms with Crippen LogP contribution in [0.3, 0.4) is 0 Å². The highest BCUT2D eigenvalue weighted by Gasteiger charge is 2.20. The van der Waals surface area contributed by atoms with E-state index in [9.17, 15) is 4.79 Å². The number of benzene rings is 2. The number of fused-ring (bicyclic) bond motifs is 2. The number of carbonyl (C=O) groups is 1. The van der Waals surface area contributed by atoms with Crippen LogP contribution in [-0.4, -0.2) is 76.2 Å². The number of ether oxygens (including phenoxy) is 6. The normalized spacial score (nSPS) is 14.9. The van der Waals surface area contributed by atoms with Crippen LogP contribution in [0.5, 0.6) is 23.0 Å². The minimum absolute atomic E-state index is 0.0117. The summed E-state index contributed by atoms with van der Waals surface area (Å²) in [5, 5.41) is 0. The molecule has 8 heteroatoms. The molecule has 2 aromatic rings. The molecule has 1 aliphatic heterocycles. The van der Waals surface area contributed by atoms with Crippen LogP contribution in [0.25, 0.3) is 0 Å². The fraction of sp³-hybridized carbons (Fsp3) is 0.606. The Bertz CT molecular complexity index is 918. The molecule has 0 aromatic heterocycles. The van der Waals surface area contributed by atoms with Crippen molar-refractivity contribution in [1.82, 2.24) is 4.90 Å². The molecule has 0 bridgehead atoms. The highest BCUT2D eigenvalue weighted by Crippen LogP contribution is 2.28. The van der Waals surface area contributed by atoms with Gasteiger partial charge in [-0.3, -0.25) is 4.79 Å². The van der Waals surface area contributed by atoms with Crippen molar-refractivity contribution >= 4 is 5.91 Å². The maximum atomic E-state index is 13.3. The van der Waals surface area contributed by atoms with E-state index in [0.717, 1.165) is 38.8 Å². The summed E-state index contributed by atoms with van der Waals surface area (Å²) in [5.41, 5.74) is 0. The Labute approximate surface area is 246 Å². The smallest absolute Gasteiger partial charge is 0.248 e. The summed E-state index contributed by atoms with van der Waals surface area (Å²) in [5.74, 6) is 2.49. The van der Waals surface area contributed by atoms with Gasteiger partial charge in [0.25, 0.3) is 0 Å². The first-order valence-electron chi connectivity index (χ1n) is 15.4. The second-order valence-corrected chi connectivity index (χ2v) is 10.3. The lowest BCUT2D eigenvalue weighted by molar-refractivity contribution is -0.139. The summed E-state index contributed by atoms with van der Waals surface area (Å²) in [6.07, 6.45) is 8.53.